The first kappa shape index (κ1) is 19.2. The summed E-state index contributed by atoms with van der Waals surface area (Å²) >= 11 is 0. The molecular formula is C16H24N10O. The Morgan fingerprint density at radius 3 is 1.41 bits per heavy atom. The zero-order valence-corrected chi connectivity index (χ0v) is 14.8. The van der Waals surface area contributed by atoms with Gasteiger partial charge in [-0.05, 0) is 18.6 Å². The van der Waals surface area contributed by atoms with Crippen LogP contribution in [-0.2, 0) is 0 Å². The van der Waals surface area contributed by atoms with Gasteiger partial charge in [0.1, 0.15) is 0 Å². The van der Waals surface area contributed by atoms with Crippen LogP contribution in [0.15, 0.2) is 5.70 Å². The Bertz CT molecular complexity index is 951. The highest BCUT2D eigenvalue weighted by molar-refractivity contribution is 6.20. The van der Waals surface area contributed by atoms with Crippen molar-refractivity contribution >= 4 is 63.0 Å². The topological polar surface area (TPSA) is 277 Å². The number of benzene rings is 2. The lowest BCUT2D eigenvalue weighted by Crippen LogP contribution is -2.19. The number of ketones is 1. The molecule has 0 saturated carbocycles. The van der Waals surface area contributed by atoms with E-state index in [-0.39, 0.29) is 68.0 Å². The first-order valence-electron chi connectivity index (χ1n) is 7.67. The molecule has 0 bridgehead atoms. The Kier molecular flexibility index (Phi) is 4.47. The van der Waals surface area contributed by atoms with Gasteiger partial charge in [0, 0.05) is 5.56 Å². The zero-order valence-electron chi connectivity index (χ0n) is 14.8. The molecule has 0 aliphatic rings. The Morgan fingerprint density at radius 2 is 1.00 bits per heavy atom. The number of nitrogens with two attached hydrogens (primary N) is 10. The van der Waals surface area contributed by atoms with Crippen LogP contribution in [0.1, 0.15) is 21.5 Å². The smallest absolute Gasteiger partial charge is 0.212 e. The van der Waals surface area contributed by atoms with Gasteiger partial charge in [-0.2, -0.15) is 0 Å². The SMILES string of the molecule is Cc1c(N)c(N)c(C(=O)/C(N)=C/c2c(N)c(N)c(N)c(N)c2N)c(N)c1N. The molecule has 11 heteroatoms. The minimum Gasteiger partial charge on any atom is -0.397 e. The van der Waals surface area contributed by atoms with Crippen molar-refractivity contribution in [1.29, 1.82) is 0 Å². The number of hydrogen-bond acceptors (Lipinski definition) is 11. The fraction of sp³-hybridized carbons (Fsp3) is 0.0625. The lowest BCUT2D eigenvalue weighted by atomic mass is 9.96. The number of allylic oxidation sites excluding steroid dienone is 1. The predicted octanol–water partition coefficient (Wildman–Crippen LogP) is -0.583. The molecule has 2 aromatic rings. The van der Waals surface area contributed by atoms with Gasteiger partial charge in [0.25, 0.3) is 0 Å². The van der Waals surface area contributed by atoms with Crippen LogP contribution in [0, 0.1) is 6.92 Å². The van der Waals surface area contributed by atoms with Crippen LogP contribution < -0.4 is 57.3 Å². The largest absolute Gasteiger partial charge is 0.397 e. The summed E-state index contributed by atoms with van der Waals surface area (Å²) < 4.78 is 0. The van der Waals surface area contributed by atoms with Crippen molar-refractivity contribution in [3.63, 3.8) is 0 Å². The number of nitrogen functional groups attached to an aromatic ring is 9. The summed E-state index contributed by atoms with van der Waals surface area (Å²) in [6, 6.07) is 0. The summed E-state index contributed by atoms with van der Waals surface area (Å²) in [6.07, 6.45) is 1.21. The minimum atomic E-state index is -0.712. The molecule has 20 N–H and O–H groups in total. The molecule has 0 heterocycles. The highest BCUT2D eigenvalue weighted by Crippen LogP contribution is 2.40. The van der Waals surface area contributed by atoms with Gasteiger partial charge in [0.15, 0.2) is 0 Å². The molecule has 2 rings (SSSR count). The van der Waals surface area contributed by atoms with Crippen LogP contribution in [0.25, 0.3) is 6.08 Å². The highest BCUT2D eigenvalue weighted by Gasteiger charge is 2.23. The van der Waals surface area contributed by atoms with Crippen LogP contribution >= 0.6 is 0 Å². The number of anilines is 9. The van der Waals surface area contributed by atoms with Crippen LogP contribution in [0.2, 0.25) is 0 Å². The molecule has 27 heavy (non-hydrogen) atoms. The molecule has 0 spiro atoms. The van der Waals surface area contributed by atoms with Crippen molar-refractivity contribution < 1.29 is 4.79 Å². The number of rotatable bonds is 3. The highest BCUT2D eigenvalue weighted by atomic mass is 16.1. The number of hydrogen-bond donors (Lipinski definition) is 10. The molecule has 0 aliphatic heterocycles. The Labute approximate surface area is 155 Å². The van der Waals surface area contributed by atoms with Crippen molar-refractivity contribution in [2.24, 2.45) is 5.73 Å². The maximum Gasteiger partial charge on any atom is 0.212 e. The molecule has 144 valence electrons. The number of Topliss-reactive ketones (excluding diaryl/α,β-unsaturated/α-hetero) is 1. The van der Waals surface area contributed by atoms with Crippen molar-refractivity contribution in [3.05, 3.63) is 22.4 Å². The fourth-order valence-corrected chi connectivity index (χ4v) is 2.60. The van der Waals surface area contributed by atoms with Crippen LogP contribution in [0.3, 0.4) is 0 Å². The average Bonchev–Trinajstić information content (AvgIpc) is 2.64. The predicted molar refractivity (Wildman–Crippen MR) is 114 cm³/mol. The maximum absolute atomic E-state index is 12.8. The van der Waals surface area contributed by atoms with Crippen LogP contribution in [0.5, 0.6) is 0 Å². The van der Waals surface area contributed by atoms with Crippen LogP contribution in [0.4, 0.5) is 51.2 Å². The van der Waals surface area contributed by atoms with Crippen molar-refractivity contribution in [1.82, 2.24) is 0 Å². The third kappa shape index (κ3) is 2.76. The molecule has 0 saturated heterocycles. The quantitative estimate of drug-likeness (QED) is 0.184. The van der Waals surface area contributed by atoms with Crippen molar-refractivity contribution in [2.45, 2.75) is 6.92 Å². The molecule has 2 aromatic carbocycles. The summed E-state index contributed by atoms with van der Waals surface area (Å²) in [5.41, 5.74) is 59.4. The zero-order chi connectivity index (χ0) is 20.8. The molecular weight excluding hydrogens is 348 g/mol. The van der Waals surface area contributed by atoms with Gasteiger partial charge in [-0.25, -0.2) is 0 Å². The van der Waals surface area contributed by atoms with E-state index >= 15 is 0 Å². The van der Waals surface area contributed by atoms with E-state index in [1.807, 2.05) is 0 Å². The minimum absolute atomic E-state index is 0.0241. The summed E-state index contributed by atoms with van der Waals surface area (Å²) in [5.74, 6) is -0.712. The van der Waals surface area contributed by atoms with Gasteiger partial charge in [-0.15, -0.1) is 0 Å². The first-order valence-corrected chi connectivity index (χ1v) is 7.67. The third-order valence-electron chi connectivity index (χ3n) is 4.46. The molecule has 0 fully saturated rings. The van der Waals surface area contributed by atoms with Gasteiger partial charge >= 0.3 is 0 Å². The van der Waals surface area contributed by atoms with E-state index in [1.165, 1.54) is 6.08 Å². The van der Waals surface area contributed by atoms with E-state index in [0.717, 1.165) is 0 Å². The summed E-state index contributed by atoms with van der Waals surface area (Å²) in [6.45, 7) is 1.63. The van der Waals surface area contributed by atoms with Crippen LogP contribution in [-0.4, -0.2) is 5.78 Å². The number of carbonyl (C=O) groups is 1. The lowest BCUT2D eigenvalue weighted by Gasteiger charge is -2.17. The third-order valence-corrected chi connectivity index (χ3v) is 4.46. The van der Waals surface area contributed by atoms with E-state index in [9.17, 15) is 4.79 Å². The van der Waals surface area contributed by atoms with E-state index in [2.05, 4.69) is 0 Å². The van der Waals surface area contributed by atoms with Gasteiger partial charge in [0.2, 0.25) is 5.78 Å². The lowest BCUT2D eigenvalue weighted by molar-refractivity contribution is 0.103. The summed E-state index contributed by atoms with van der Waals surface area (Å²) in [7, 11) is 0. The second kappa shape index (κ2) is 6.29. The number of carbonyl (C=O) groups excluding carboxylic acids is 1. The van der Waals surface area contributed by atoms with E-state index in [4.69, 9.17) is 57.3 Å². The monoisotopic (exact) mass is 372 g/mol. The molecule has 0 amide bonds. The molecule has 0 aromatic heterocycles. The van der Waals surface area contributed by atoms with Gasteiger partial charge in [0.05, 0.1) is 62.4 Å². The second-order valence-electron chi connectivity index (χ2n) is 6.07. The standard InChI is InChI=1S/C16H24N10O/c1-3-7(18)11(22)6(12(23)8(3)19)16(27)5(17)2-4-9(20)13(24)15(26)14(25)10(4)21/h2H,17-26H2,1H3/b5-2-. The molecule has 0 aliphatic carbocycles. The molecule has 0 unspecified atom stereocenters. The molecule has 11 nitrogen and oxygen atoms in total. The maximum atomic E-state index is 12.8. The van der Waals surface area contributed by atoms with E-state index in [1.54, 1.807) is 6.92 Å². The Hall–Kier alpha value is -4.15. The van der Waals surface area contributed by atoms with Crippen molar-refractivity contribution in [3.8, 4) is 0 Å². The van der Waals surface area contributed by atoms with Gasteiger partial charge in [-0.1, -0.05) is 0 Å². The fourth-order valence-electron chi connectivity index (χ4n) is 2.60. The van der Waals surface area contributed by atoms with E-state index < -0.39 is 5.78 Å². The van der Waals surface area contributed by atoms with Crippen molar-refractivity contribution in [2.75, 3.05) is 51.6 Å². The first-order chi connectivity index (χ1) is 12.4. The normalized spacial score (nSPS) is 11.5. The summed E-state index contributed by atoms with van der Waals surface area (Å²) in [5, 5.41) is 0. The van der Waals surface area contributed by atoms with Gasteiger partial charge < -0.3 is 57.3 Å². The Balaban J connectivity index is 2.68. The molecule has 0 radical (unpaired) electrons. The summed E-state index contributed by atoms with van der Waals surface area (Å²) in [4.78, 5) is 12.8. The van der Waals surface area contributed by atoms with E-state index in [0.29, 0.717) is 5.56 Å². The average molecular weight is 372 g/mol. The Morgan fingerprint density at radius 1 is 0.630 bits per heavy atom. The van der Waals surface area contributed by atoms with Gasteiger partial charge in [-0.3, -0.25) is 4.79 Å². The molecule has 0 atom stereocenters. The second-order valence-corrected chi connectivity index (χ2v) is 6.07.